The molecule has 6 nitrogen and oxygen atoms in total. The Kier molecular flexibility index (Phi) is 6.50. The van der Waals surface area contributed by atoms with Crippen molar-refractivity contribution in [1.29, 1.82) is 0 Å². The van der Waals surface area contributed by atoms with Crippen LogP contribution in [0.2, 0.25) is 0 Å². The molecule has 1 aliphatic heterocycles. The number of amides is 1. The summed E-state index contributed by atoms with van der Waals surface area (Å²) in [6.45, 7) is 5.73. The van der Waals surface area contributed by atoms with E-state index < -0.39 is 0 Å². The van der Waals surface area contributed by atoms with Crippen LogP contribution in [0.4, 0.5) is 4.39 Å². The largest absolute Gasteiger partial charge is 0.346 e. The molecule has 0 spiro atoms. The highest BCUT2D eigenvalue weighted by atomic mass is 35.5. The van der Waals surface area contributed by atoms with Gasteiger partial charge < -0.3 is 10.6 Å². The van der Waals surface area contributed by atoms with Crippen molar-refractivity contribution in [3.05, 3.63) is 41.7 Å². The molecule has 0 bridgehead atoms. The van der Waals surface area contributed by atoms with E-state index in [0.717, 1.165) is 25.9 Å². The molecule has 1 aliphatic rings. The van der Waals surface area contributed by atoms with Crippen molar-refractivity contribution in [2.45, 2.75) is 38.6 Å². The third-order valence-electron chi connectivity index (χ3n) is 4.08. The first-order chi connectivity index (χ1) is 11.5. The van der Waals surface area contributed by atoms with Crippen LogP contribution < -0.4 is 10.6 Å². The lowest BCUT2D eigenvalue weighted by atomic mass is 10.1. The SMILES string of the molecule is CC(C)c1nc(C(=O)NC2CCNCC2)nn1-c1cccc(F)c1.Cl. The summed E-state index contributed by atoms with van der Waals surface area (Å²) in [4.78, 5) is 16.8. The fraction of sp³-hybridized carbons (Fsp3) is 0.471. The molecule has 1 amide bonds. The van der Waals surface area contributed by atoms with Gasteiger partial charge in [-0.25, -0.2) is 14.1 Å². The Labute approximate surface area is 152 Å². The lowest BCUT2D eigenvalue weighted by Crippen LogP contribution is -2.43. The average molecular weight is 368 g/mol. The summed E-state index contributed by atoms with van der Waals surface area (Å²) in [5, 5.41) is 10.6. The summed E-state index contributed by atoms with van der Waals surface area (Å²) in [6.07, 6.45) is 1.79. The lowest BCUT2D eigenvalue weighted by Gasteiger charge is -2.22. The molecule has 0 unspecified atom stereocenters. The molecule has 1 fully saturated rings. The maximum Gasteiger partial charge on any atom is 0.291 e. The Morgan fingerprint density at radius 3 is 2.72 bits per heavy atom. The zero-order valence-corrected chi connectivity index (χ0v) is 15.1. The smallest absolute Gasteiger partial charge is 0.291 e. The van der Waals surface area contributed by atoms with Gasteiger partial charge in [0.05, 0.1) is 5.69 Å². The molecule has 8 heteroatoms. The van der Waals surface area contributed by atoms with Gasteiger partial charge in [-0.15, -0.1) is 17.5 Å². The zero-order valence-electron chi connectivity index (χ0n) is 14.3. The number of aromatic nitrogens is 3. The van der Waals surface area contributed by atoms with E-state index in [-0.39, 0.29) is 41.9 Å². The van der Waals surface area contributed by atoms with Crippen LogP contribution >= 0.6 is 12.4 Å². The third-order valence-corrected chi connectivity index (χ3v) is 4.08. The van der Waals surface area contributed by atoms with Crippen LogP contribution in [0.25, 0.3) is 5.69 Å². The van der Waals surface area contributed by atoms with E-state index in [1.54, 1.807) is 16.8 Å². The summed E-state index contributed by atoms with van der Waals surface area (Å²) in [5.41, 5.74) is 0.562. The normalized spacial score (nSPS) is 15.0. The van der Waals surface area contributed by atoms with Gasteiger partial charge in [-0.2, -0.15) is 0 Å². The molecule has 1 saturated heterocycles. The summed E-state index contributed by atoms with van der Waals surface area (Å²) >= 11 is 0. The minimum Gasteiger partial charge on any atom is -0.346 e. The molecular formula is C17H23ClFN5O. The topological polar surface area (TPSA) is 71.8 Å². The van der Waals surface area contributed by atoms with Crippen LogP contribution in [0.1, 0.15) is 49.1 Å². The van der Waals surface area contributed by atoms with Crippen molar-refractivity contribution in [2.24, 2.45) is 0 Å². The molecular weight excluding hydrogens is 345 g/mol. The summed E-state index contributed by atoms with van der Waals surface area (Å²) in [5.74, 6) is 0.191. The Hall–Kier alpha value is -1.99. The van der Waals surface area contributed by atoms with Crippen molar-refractivity contribution in [2.75, 3.05) is 13.1 Å². The molecule has 0 atom stereocenters. The van der Waals surface area contributed by atoms with Gasteiger partial charge in [-0.3, -0.25) is 4.79 Å². The highest BCUT2D eigenvalue weighted by molar-refractivity contribution is 5.90. The van der Waals surface area contributed by atoms with Crippen LogP contribution in [-0.4, -0.2) is 39.8 Å². The number of hydrogen-bond donors (Lipinski definition) is 2. The lowest BCUT2D eigenvalue weighted by molar-refractivity contribution is 0.0919. The van der Waals surface area contributed by atoms with E-state index in [1.165, 1.54) is 12.1 Å². The first-order valence-corrected chi connectivity index (χ1v) is 8.29. The molecule has 2 N–H and O–H groups in total. The minimum absolute atomic E-state index is 0. The first-order valence-electron chi connectivity index (χ1n) is 8.29. The Morgan fingerprint density at radius 1 is 1.36 bits per heavy atom. The number of carbonyl (C=O) groups excluding carboxylic acids is 1. The fourth-order valence-corrected chi connectivity index (χ4v) is 2.81. The van der Waals surface area contributed by atoms with Gasteiger partial charge in [-0.1, -0.05) is 19.9 Å². The number of piperidine rings is 1. The number of hydrogen-bond acceptors (Lipinski definition) is 4. The van der Waals surface area contributed by atoms with E-state index in [9.17, 15) is 9.18 Å². The van der Waals surface area contributed by atoms with Crippen molar-refractivity contribution < 1.29 is 9.18 Å². The monoisotopic (exact) mass is 367 g/mol. The number of benzene rings is 1. The van der Waals surface area contributed by atoms with Crippen LogP contribution in [0.15, 0.2) is 24.3 Å². The molecule has 1 aromatic heterocycles. The Bertz CT molecular complexity index is 728. The maximum atomic E-state index is 13.5. The van der Waals surface area contributed by atoms with Gasteiger partial charge in [0, 0.05) is 12.0 Å². The predicted molar refractivity (Wildman–Crippen MR) is 96.0 cm³/mol. The van der Waals surface area contributed by atoms with E-state index in [1.807, 2.05) is 13.8 Å². The second-order valence-electron chi connectivity index (χ2n) is 6.34. The Balaban J connectivity index is 0.00000225. The number of nitrogens with zero attached hydrogens (tertiary/aromatic N) is 3. The third kappa shape index (κ3) is 4.55. The van der Waals surface area contributed by atoms with E-state index in [2.05, 4.69) is 20.7 Å². The maximum absolute atomic E-state index is 13.5. The molecule has 1 aromatic carbocycles. The highest BCUT2D eigenvalue weighted by Crippen LogP contribution is 2.18. The number of halogens is 2. The second kappa shape index (κ2) is 8.40. The molecule has 0 saturated carbocycles. The van der Waals surface area contributed by atoms with Gasteiger partial charge in [-0.05, 0) is 44.1 Å². The number of carbonyl (C=O) groups is 1. The quantitative estimate of drug-likeness (QED) is 0.870. The van der Waals surface area contributed by atoms with Crippen molar-refractivity contribution in [1.82, 2.24) is 25.4 Å². The number of nitrogens with one attached hydrogen (secondary N) is 2. The molecule has 25 heavy (non-hydrogen) atoms. The van der Waals surface area contributed by atoms with Crippen LogP contribution in [0.5, 0.6) is 0 Å². The molecule has 3 rings (SSSR count). The van der Waals surface area contributed by atoms with E-state index in [4.69, 9.17) is 0 Å². The molecule has 136 valence electrons. The van der Waals surface area contributed by atoms with Crippen molar-refractivity contribution in [3.8, 4) is 5.69 Å². The van der Waals surface area contributed by atoms with Gasteiger partial charge >= 0.3 is 0 Å². The van der Waals surface area contributed by atoms with Crippen molar-refractivity contribution in [3.63, 3.8) is 0 Å². The first kappa shape index (κ1) is 19.3. The van der Waals surface area contributed by atoms with Crippen LogP contribution in [0, 0.1) is 5.82 Å². The molecule has 0 radical (unpaired) electrons. The summed E-state index contributed by atoms with van der Waals surface area (Å²) < 4.78 is 15.1. The minimum atomic E-state index is -0.349. The number of rotatable bonds is 4. The van der Waals surface area contributed by atoms with Crippen LogP contribution in [0.3, 0.4) is 0 Å². The summed E-state index contributed by atoms with van der Waals surface area (Å²) in [6, 6.07) is 6.26. The van der Waals surface area contributed by atoms with Crippen LogP contribution in [-0.2, 0) is 0 Å². The molecule has 2 aromatic rings. The summed E-state index contributed by atoms with van der Waals surface area (Å²) in [7, 11) is 0. The van der Waals surface area contributed by atoms with Gasteiger partial charge in [0.15, 0.2) is 0 Å². The fourth-order valence-electron chi connectivity index (χ4n) is 2.81. The average Bonchev–Trinajstić information content (AvgIpc) is 3.01. The van der Waals surface area contributed by atoms with E-state index in [0.29, 0.717) is 11.5 Å². The highest BCUT2D eigenvalue weighted by Gasteiger charge is 2.22. The molecule has 0 aliphatic carbocycles. The zero-order chi connectivity index (χ0) is 17.1. The second-order valence-corrected chi connectivity index (χ2v) is 6.34. The molecule has 2 heterocycles. The standard InChI is InChI=1S/C17H22FN5O.ClH/c1-11(2)16-21-15(17(24)20-13-6-8-19-9-7-13)22-23(16)14-5-3-4-12(18)10-14;/h3-5,10-11,13,19H,6-9H2,1-2H3,(H,20,24);1H. The Morgan fingerprint density at radius 2 is 2.08 bits per heavy atom. The van der Waals surface area contributed by atoms with Gasteiger partial charge in [0.25, 0.3) is 5.91 Å². The van der Waals surface area contributed by atoms with Crippen molar-refractivity contribution >= 4 is 18.3 Å². The van der Waals surface area contributed by atoms with Gasteiger partial charge in [0.2, 0.25) is 5.82 Å². The van der Waals surface area contributed by atoms with Gasteiger partial charge in [0.1, 0.15) is 11.6 Å². The van der Waals surface area contributed by atoms with E-state index >= 15 is 0 Å². The predicted octanol–water partition coefficient (Wildman–Crippen LogP) is 2.43.